The summed E-state index contributed by atoms with van der Waals surface area (Å²) in [4.78, 5) is 0. The molecule has 0 aliphatic heterocycles. The average molecular weight is 56.9 g/mol. The Balaban J connectivity index is 2.83. The van der Waals surface area contributed by atoms with E-state index in [4.69, 9.17) is 1.37 Å². The third-order valence-electron chi connectivity index (χ3n) is 0.136. The molecule has 0 heterocycles. The van der Waals surface area contributed by atoms with Crippen LogP contribution in [0.5, 0.6) is 0 Å². The van der Waals surface area contributed by atoms with Gasteiger partial charge in [0.15, 0.2) is 0 Å². The van der Waals surface area contributed by atoms with Gasteiger partial charge < -0.3 is 0 Å². The van der Waals surface area contributed by atoms with Crippen molar-refractivity contribution in [3.63, 3.8) is 0 Å². The molecule has 0 bridgehead atoms. The second-order valence-electron chi connectivity index (χ2n) is 0.469. The molecule has 4 heavy (non-hydrogen) atoms. The molecule has 0 saturated heterocycles. The first kappa shape index (κ1) is 2.12. The van der Waals surface area contributed by atoms with Crippen LogP contribution in [0.3, 0.4) is 0 Å². The third kappa shape index (κ3) is 1.86. The minimum absolute atomic E-state index is 0.546. The second-order valence-corrected chi connectivity index (χ2v) is 0.469. The van der Waals surface area contributed by atoms with Crippen molar-refractivity contribution in [1.29, 1.82) is 0 Å². The van der Waals surface area contributed by atoms with Crippen molar-refractivity contribution in [2.75, 3.05) is 0 Å². The predicted octanol–water partition coefficient (Wildman–Crippen LogP) is 0.474. The molecule has 0 saturated carbocycles. The molecule has 22 valence electrons. The minimum atomic E-state index is -0.546. The molecule has 0 spiro atoms. The summed E-state index contributed by atoms with van der Waals surface area (Å²) < 4.78 is 15.8. The first-order valence-electron chi connectivity index (χ1n) is 1.72. The first-order valence-corrected chi connectivity index (χ1v) is 1.15. The van der Waals surface area contributed by atoms with Gasteiger partial charge in [0.25, 0.3) is 0 Å². The fourth-order valence-electron chi connectivity index (χ4n) is 0. The third-order valence-corrected chi connectivity index (χ3v) is 0.136. The summed E-state index contributed by atoms with van der Waals surface area (Å²) in [5.74, 6) is 0. The molecule has 0 aromatic heterocycles. The molecule has 0 rings (SSSR count). The molecule has 1 atom stereocenters. The van der Waals surface area contributed by atoms with Crippen LogP contribution in [0.15, 0.2) is 0 Å². The monoisotopic (exact) mass is 57.0 g/mol. The van der Waals surface area contributed by atoms with Crippen LogP contribution in [0.2, 0.25) is 6.30 Å². The van der Waals surface area contributed by atoms with E-state index in [2.05, 4.69) is 0 Å². The van der Waals surface area contributed by atoms with E-state index in [1.54, 1.807) is 0 Å². The van der Waals surface area contributed by atoms with Crippen molar-refractivity contribution >= 4 is 7.15 Å². The first-order chi connectivity index (χ1) is 2.27. The van der Waals surface area contributed by atoms with Crippen LogP contribution in [0, 0.1) is 0 Å². The van der Waals surface area contributed by atoms with Gasteiger partial charge in [-0.25, -0.2) is 0 Å². The van der Waals surface area contributed by atoms with Crippen LogP contribution < -0.4 is 0 Å². The van der Waals surface area contributed by atoms with E-state index in [0.29, 0.717) is 7.15 Å². The summed E-state index contributed by atoms with van der Waals surface area (Å²) in [6, 6.07) is 0. The maximum atomic E-state index is 9.32. The fourth-order valence-corrected chi connectivity index (χ4v) is 0. The van der Waals surface area contributed by atoms with Crippen LogP contribution in [0.4, 0.5) is 0 Å². The molecule has 0 aromatic carbocycles. The summed E-state index contributed by atoms with van der Waals surface area (Å²) in [7, 11) is 0.583. The summed E-state index contributed by atoms with van der Waals surface area (Å²) in [5.41, 5.74) is 0. The summed E-state index contributed by atoms with van der Waals surface area (Å²) in [5, 5.41) is 0. The number of hydrogen-bond acceptors (Lipinski definition) is 1. The number of hydrogen-bond donors (Lipinski definition) is 0. The molecule has 0 fully saturated rings. The Labute approximate surface area is 27.7 Å². The van der Waals surface area contributed by atoms with Crippen molar-refractivity contribution in [3.8, 4) is 0 Å². The topological polar surface area (TPSA) is 17.1 Å². The Hall–Kier alpha value is -0.135. The van der Waals surface area contributed by atoms with Gasteiger partial charge in [-0.05, 0) is 0 Å². The Bertz CT molecular complexity index is 36.6. The van der Waals surface area contributed by atoms with Gasteiger partial charge >= 0.3 is 26.4 Å². The molecule has 0 aliphatic rings. The van der Waals surface area contributed by atoms with Gasteiger partial charge in [-0.3, -0.25) is 0 Å². The average Bonchev–Trinajstić information content (AvgIpc) is 1.38. The Morgan fingerprint density at radius 2 is 2.75 bits per heavy atom. The van der Waals surface area contributed by atoms with Gasteiger partial charge in [-0.2, -0.15) is 0 Å². The SMILES string of the molecule is [2H]C(C)B=O. The molecular weight excluding hydrogens is 50.8 g/mol. The molecule has 0 aliphatic carbocycles. The van der Waals surface area contributed by atoms with Crippen molar-refractivity contribution in [2.24, 2.45) is 0 Å². The maximum absolute atomic E-state index is 9.32. The van der Waals surface area contributed by atoms with E-state index in [1.807, 2.05) is 0 Å². The number of rotatable bonds is 1. The van der Waals surface area contributed by atoms with Crippen molar-refractivity contribution < 1.29 is 6.08 Å². The van der Waals surface area contributed by atoms with Crippen LogP contribution in [-0.2, 0) is 4.70 Å². The van der Waals surface area contributed by atoms with Gasteiger partial charge in [0.05, 0.1) is 0 Å². The quantitative estimate of drug-likeness (QED) is 0.400. The zero-order valence-corrected chi connectivity index (χ0v) is 2.56. The van der Waals surface area contributed by atoms with Crippen LogP contribution in [0.1, 0.15) is 8.29 Å². The molecule has 1 unspecified atom stereocenters. The van der Waals surface area contributed by atoms with Crippen molar-refractivity contribution in [3.05, 3.63) is 0 Å². The molecule has 0 N–H and O–H groups in total. The van der Waals surface area contributed by atoms with Gasteiger partial charge in [0.1, 0.15) is 0 Å². The van der Waals surface area contributed by atoms with Gasteiger partial charge in [-0.15, -0.1) is 0 Å². The van der Waals surface area contributed by atoms with E-state index in [9.17, 15) is 4.70 Å². The molecule has 0 amide bonds. The molecule has 0 radical (unpaired) electrons. The van der Waals surface area contributed by atoms with Gasteiger partial charge in [0.2, 0.25) is 0 Å². The van der Waals surface area contributed by atoms with Gasteiger partial charge in [-0.1, -0.05) is 0 Å². The predicted molar refractivity (Wildman–Crippen MR) is 16.9 cm³/mol. The van der Waals surface area contributed by atoms with Gasteiger partial charge in [0, 0.05) is 0 Å². The second kappa shape index (κ2) is 2.86. The van der Waals surface area contributed by atoms with Crippen LogP contribution in [0.25, 0.3) is 0 Å². The molecular formula is C2H5BO. The Morgan fingerprint density at radius 3 is 2.75 bits per heavy atom. The Morgan fingerprint density at radius 1 is 2.50 bits per heavy atom. The van der Waals surface area contributed by atoms with Crippen LogP contribution in [-0.4, -0.2) is 7.15 Å². The molecule has 1 nitrogen and oxygen atoms in total. The molecule has 2 heteroatoms. The summed E-state index contributed by atoms with van der Waals surface area (Å²) in [6.45, 7) is 1.52. The van der Waals surface area contributed by atoms with E-state index < -0.39 is 6.30 Å². The van der Waals surface area contributed by atoms with E-state index in [1.165, 1.54) is 6.92 Å². The summed E-state index contributed by atoms with van der Waals surface area (Å²) in [6.07, 6.45) is -0.546. The fraction of sp³-hybridized carbons (Fsp3) is 1.00. The van der Waals surface area contributed by atoms with Crippen molar-refractivity contribution in [2.45, 2.75) is 13.2 Å². The molecule has 0 aromatic rings. The Kier molecular flexibility index (Phi) is 1.52. The summed E-state index contributed by atoms with van der Waals surface area (Å²) >= 11 is 0. The van der Waals surface area contributed by atoms with E-state index >= 15 is 0 Å². The van der Waals surface area contributed by atoms with Crippen molar-refractivity contribution in [1.82, 2.24) is 0 Å². The zero-order valence-electron chi connectivity index (χ0n) is 3.56. The van der Waals surface area contributed by atoms with Crippen LogP contribution >= 0.6 is 0 Å². The van der Waals surface area contributed by atoms with E-state index in [0.717, 1.165) is 0 Å². The standard InChI is InChI=1S/C2H5BO/c1-2-3-4/h2H2,1H3/i2D. The van der Waals surface area contributed by atoms with E-state index in [-0.39, 0.29) is 0 Å². The zero-order chi connectivity index (χ0) is 4.28. The normalized spacial score (nSPS) is 16.8.